The molecule has 0 heterocycles. The topological polar surface area (TPSA) is 298 Å². The van der Waals surface area contributed by atoms with Gasteiger partial charge < -0.3 is 40.9 Å². The number of benzene rings is 1. The van der Waals surface area contributed by atoms with Crippen LogP contribution in [-0.2, 0) is 33.6 Å². The molecular formula is C32H26O16. The molecule has 1 aromatic rings. The third-order valence-corrected chi connectivity index (χ3v) is 6.87. The zero-order valence-electron chi connectivity index (χ0n) is 25.3. The van der Waals surface area contributed by atoms with E-state index in [4.69, 9.17) is 35.7 Å². The van der Waals surface area contributed by atoms with Crippen molar-refractivity contribution in [2.24, 2.45) is 0 Å². The standard InChI is InChI=1S/C11H8O3.C8H8O4.C7H6O5.C6H4O4/c1-6-9(12)7-4-2-3-5-8(7)11(14)10(6)13;1-3-4(2)6(10)8(12)7(11)5(3)9;1-2-3(8)5(10)7(12)6(11)4(2)9;7-3-1-2-4(8)6(10)5(3)9/h2-5,12H,1H3;11-12H,1-2H3;8,11-12H,1H3;1-2,9-10H. The van der Waals surface area contributed by atoms with E-state index in [9.17, 15) is 43.5 Å². The molecule has 0 bridgehead atoms. The molecule has 0 saturated heterocycles. The fourth-order valence-electron chi connectivity index (χ4n) is 3.73. The van der Waals surface area contributed by atoms with Crippen molar-refractivity contribution in [2.45, 2.75) is 27.7 Å². The van der Waals surface area contributed by atoms with Gasteiger partial charge in [0.1, 0.15) is 5.76 Å². The third-order valence-electron chi connectivity index (χ3n) is 6.87. The fraction of sp³-hybridized carbons (Fsp3) is 0.125. The van der Waals surface area contributed by atoms with E-state index in [2.05, 4.69) is 0 Å². The van der Waals surface area contributed by atoms with Crippen LogP contribution in [0.15, 0.2) is 99.0 Å². The van der Waals surface area contributed by atoms with Crippen molar-refractivity contribution in [3.63, 3.8) is 0 Å². The maximum atomic E-state index is 11.5. The van der Waals surface area contributed by atoms with Gasteiger partial charge in [0.15, 0.2) is 5.76 Å². The molecule has 5 rings (SSSR count). The number of fused-ring (bicyclic) bond motifs is 1. The van der Waals surface area contributed by atoms with Gasteiger partial charge in [0, 0.05) is 33.4 Å². The molecule has 0 fully saturated rings. The van der Waals surface area contributed by atoms with Crippen LogP contribution in [0.5, 0.6) is 0 Å². The Labute approximate surface area is 269 Å². The lowest BCUT2D eigenvalue weighted by Crippen LogP contribution is -2.22. The summed E-state index contributed by atoms with van der Waals surface area (Å²) in [4.78, 5) is 87.3. The van der Waals surface area contributed by atoms with Crippen molar-refractivity contribution in [3.8, 4) is 0 Å². The molecule has 4 aliphatic rings. The summed E-state index contributed by atoms with van der Waals surface area (Å²) >= 11 is 0. The van der Waals surface area contributed by atoms with Gasteiger partial charge in [0.25, 0.3) is 5.78 Å². The lowest BCUT2D eigenvalue weighted by molar-refractivity contribution is -0.122. The predicted molar refractivity (Wildman–Crippen MR) is 161 cm³/mol. The van der Waals surface area contributed by atoms with Crippen LogP contribution < -0.4 is 0 Å². The number of carbonyl (C=O) groups is 8. The zero-order chi connectivity index (χ0) is 36.9. The molecule has 0 aliphatic heterocycles. The molecule has 8 N–H and O–H groups in total. The van der Waals surface area contributed by atoms with Crippen molar-refractivity contribution >= 4 is 52.0 Å². The van der Waals surface area contributed by atoms with E-state index < -0.39 is 86.6 Å². The maximum absolute atomic E-state index is 11.5. The summed E-state index contributed by atoms with van der Waals surface area (Å²) in [7, 11) is 0. The summed E-state index contributed by atoms with van der Waals surface area (Å²) in [5, 5.41) is 71.2. The van der Waals surface area contributed by atoms with Crippen molar-refractivity contribution in [1.82, 2.24) is 0 Å². The van der Waals surface area contributed by atoms with Crippen molar-refractivity contribution in [2.75, 3.05) is 0 Å². The number of aliphatic hydroxyl groups excluding tert-OH is 8. The van der Waals surface area contributed by atoms with E-state index >= 15 is 0 Å². The fourth-order valence-corrected chi connectivity index (χ4v) is 3.73. The summed E-state index contributed by atoms with van der Waals surface area (Å²) in [6.45, 7) is 5.49. The van der Waals surface area contributed by atoms with E-state index in [0.717, 1.165) is 12.2 Å². The number of aliphatic hydroxyl groups is 8. The summed E-state index contributed by atoms with van der Waals surface area (Å²) in [6.07, 6.45) is 1.80. The Morgan fingerprint density at radius 3 is 1.08 bits per heavy atom. The average molecular weight is 667 g/mol. The number of Topliss-reactive ketones (excluding diaryl/α,β-unsaturated/α-hetero) is 6. The normalized spacial score (nSPS) is 18.0. The van der Waals surface area contributed by atoms with E-state index in [-0.39, 0.29) is 33.6 Å². The maximum Gasteiger partial charge on any atom is 0.266 e. The van der Waals surface area contributed by atoms with Crippen LogP contribution in [0.2, 0.25) is 0 Å². The Balaban J connectivity index is 0.000000224. The lowest BCUT2D eigenvalue weighted by Gasteiger charge is -2.14. The molecule has 0 atom stereocenters. The van der Waals surface area contributed by atoms with Crippen LogP contribution >= 0.6 is 0 Å². The Bertz CT molecular complexity index is 1740. The first-order valence-electron chi connectivity index (χ1n) is 13.2. The number of hydrogen-bond acceptors (Lipinski definition) is 16. The van der Waals surface area contributed by atoms with Crippen LogP contribution in [0, 0.1) is 0 Å². The Morgan fingerprint density at radius 1 is 0.333 bits per heavy atom. The van der Waals surface area contributed by atoms with E-state index in [1.54, 1.807) is 18.2 Å². The summed E-state index contributed by atoms with van der Waals surface area (Å²) in [5.41, 5.74) is 0.921. The van der Waals surface area contributed by atoms with Crippen LogP contribution in [0.3, 0.4) is 0 Å². The van der Waals surface area contributed by atoms with E-state index in [0.29, 0.717) is 5.56 Å². The first kappa shape index (κ1) is 37.3. The van der Waals surface area contributed by atoms with Gasteiger partial charge in [0.2, 0.25) is 75.0 Å². The predicted octanol–water partition coefficient (Wildman–Crippen LogP) is 2.86. The number of carbonyl (C=O) groups excluding carboxylic acids is 8. The molecule has 16 nitrogen and oxygen atoms in total. The minimum Gasteiger partial charge on any atom is -0.507 e. The molecular weight excluding hydrogens is 640 g/mol. The van der Waals surface area contributed by atoms with Gasteiger partial charge in [-0.15, -0.1) is 0 Å². The van der Waals surface area contributed by atoms with Gasteiger partial charge >= 0.3 is 0 Å². The highest BCUT2D eigenvalue weighted by Crippen LogP contribution is 2.27. The lowest BCUT2D eigenvalue weighted by atomic mass is 9.89. The molecule has 0 spiro atoms. The van der Waals surface area contributed by atoms with Gasteiger partial charge in [-0.2, -0.15) is 0 Å². The smallest absolute Gasteiger partial charge is 0.266 e. The van der Waals surface area contributed by atoms with Crippen LogP contribution in [0.25, 0.3) is 5.76 Å². The highest BCUT2D eigenvalue weighted by Gasteiger charge is 2.33. The summed E-state index contributed by atoms with van der Waals surface area (Å²) in [5.74, 6) is -12.7. The molecule has 0 aromatic heterocycles. The third kappa shape index (κ3) is 7.17. The minimum atomic E-state index is -1.13. The first-order chi connectivity index (χ1) is 22.2. The largest absolute Gasteiger partial charge is 0.507 e. The molecule has 1 aromatic carbocycles. The van der Waals surface area contributed by atoms with Gasteiger partial charge in [-0.25, -0.2) is 0 Å². The van der Waals surface area contributed by atoms with Crippen LogP contribution in [0.1, 0.15) is 43.6 Å². The average Bonchev–Trinajstić information content (AvgIpc) is 3.09. The number of ketones is 8. The molecule has 0 radical (unpaired) electrons. The Hall–Kier alpha value is -6.84. The van der Waals surface area contributed by atoms with Crippen LogP contribution in [0.4, 0.5) is 0 Å². The Kier molecular flexibility index (Phi) is 11.3. The number of allylic oxidation sites excluding steroid dienone is 6. The van der Waals surface area contributed by atoms with Crippen molar-refractivity contribution in [3.05, 3.63) is 110 Å². The molecule has 0 saturated carbocycles. The van der Waals surface area contributed by atoms with Crippen molar-refractivity contribution < 1.29 is 79.2 Å². The minimum absolute atomic E-state index is 0.0924. The second-order valence-corrected chi connectivity index (χ2v) is 9.87. The molecule has 0 amide bonds. The molecule has 0 unspecified atom stereocenters. The van der Waals surface area contributed by atoms with Crippen molar-refractivity contribution in [1.29, 1.82) is 0 Å². The highest BCUT2D eigenvalue weighted by atomic mass is 16.3. The van der Waals surface area contributed by atoms with Gasteiger partial charge in [-0.05, 0) is 39.8 Å². The zero-order valence-corrected chi connectivity index (χ0v) is 25.3. The van der Waals surface area contributed by atoms with Gasteiger partial charge in [-0.3, -0.25) is 38.4 Å². The summed E-state index contributed by atoms with van der Waals surface area (Å²) in [6, 6.07) is 6.54. The quantitative estimate of drug-likeness (QED) is 0.146. The monoisotopic (exact) mass is 666 g/mol. The molecule has 16 heteroatoms. The van der Waals surface area contributed by atoms with E-state index in [1.165, 1.54) is 33.8 Å². The van der Waals surface area contributed by atoms with E-state index in [1.807, 2.05) is 0 Å². The second-order valence-electron chi connectivity index (χ2n) is 9.87. The van der Waals surface area contributed by atoms with Gasteiger partial charge in [-0.1, -0.05) is 24.3 Å². The second kappa shape index (κ2) is 14.5. The number of hydrogen-bond donors (Lipinski definition) is 8. The first-order valence-corrected chi connectivity index (χ1v) is 13.2. The van der Waals surface area contributed by atoms with Crippen LogP contribution in [-0.4, -0.2) is 87.1 Å². The number of rotatable bonds is 0. The SMILES string of the molecule is CC1=C(C)C(=O)C(O)=C(O)C1=O.CC1=C(O)C(=O)C(O)=C(O)C1=O.CC1=C(O)c2ccccc2C(=O)C1=O.O=C1C=CC(=O)C(O)=C1O. The molecule has 4 aliphatic carbocycles. The Morgan fingerprint density at radius 2 is 0.667 bits per heavy atom. The van der Waals surface area contributed by atoms with Gasteiger partial charge in [0.05, 0.1) is 0 Å². The molecule has 48 heavy (non-hydrogen) atoms. The summed E-state index contributed by atoms with van der Waals surface area (Å²) < 4.78 is 0. The highest BCUT2D eigenvalue weighted by molar-refractivity contribution is 6.52. The molecule has 250 valence electrons.